The maximum Gasteiger partial charge on any atom is 0.335 e. The Kier molecular flexibility index (Phi) is 7.29. The molecule has 1 spiro atoms. The maximum atomic E-state index is 14.5. The zero-order valence-corrected chi connectivity index (χ0v) is 21.5. The van der Waals surface area contributed by atoms with Crippen LogP contribution in [0.15, 0.2) is 42.5 Å². The molecule has 0 aromatic heterocycles. The molecule has 9 nitrogen and oxygen atoms in total. The van der Waals surface area contributed by atoms with Gasteiger partial charge in [-0.05, 0) is 55.2 Å². The second-order valence-corrected chi connectivity index (χ2v) is 9.99. The van der Waals surface area contributed by atoms with Gasteiger partial charge in [0.15, 0.2) is 0 Å². The minimum atomic E-state index is -1.01. The average molecular weight is 513 g/mol. The molecule has 2 aromatic rings. The van der Waals surface area contributed by atoms with Gasteiger partial charge in [-0.3, -0.25) is 9.59 Å². The van der Waals surface area contributed by atoms with Gasteiger partial charge in [-0.15, -0.1) is 0 Å². The van der Waals surface area contributed by atoms with Crippen LogP contribution in [0.3, 0.4) is 0 Å². The van der Waals surface area contributed by atoms with Crippen molar-refractivity contribution < 1.29 is 28.6 Å². The van der Waals surface area contributed by atoms with Gasteiger partial charge in [0.2, 0.25) is 11.8 Å². The Balaban J connectivity index is 1.52. The van der Waals surface area contributed by atoms with Crippen molar-refractivity contribution in [3.05, 3.63) is 53.8 Å². The third kappa shape index (κ3) is 4.92. The van der Waals surface area contributed by atoms with E-state index in [-0.39, 0.29) is 29.0 Å². The van der Waals surface area contributed by atoms with Gasteiger partial charge in [0, 0.05) is 31.9 Å². The number of anilines is 2. The number of carbonyl (C=O) groups excluding carboxylic acids is 2. The van der Waals surface area contributed by atoms with Crippen LogP contribution < -0.4 is 15.0 Å². The van der Waals surface area contributed by atoms with Gasteiger partial charge in [-0.2, -0.15) is 0 Å². The zero-order chi connectivity index (χ0) is 26.9. The number of likely N-dealkylation sites (tertiary alicyclic amines) is 1. The molecule has 0 saturated carbocycles. The number of hydrogen-bond donors (Lipinski definition) is 2. The summed E-state index contributed by atoms with van der Waals surface area (Å²) < 4.78 is 19.7. The molecule has 0 aliphatic carbocycles. The minimum absolute atomic E-state index is 0.0149. The topological polar surface area (TPSA) is 102 Å². The van der Waals surface area contributed by atoms with E-state index in [1.165, 1.54) is 37.4 Å². The first-order valence-corrected chi connectivity index (χ1v) is 12.3. The number of methoxy groups -OCH3 is 1. The molecule has 198 valence electrons. The van der Waals surface area contributed by atoms with Crippen molar-refractivity contribution in [1.29, 1.82) is 0 Å². The molecule has 0 radical (unpaired) electrons. The Bertz CT molecular complexity index is 1180. The first-order chi connectivity index (χ1) is 17.6. The predicted molar refractivity (Wildman–Crippen MR) is 137 cm³/mol. The number of ether oxygens (including phenoxy) is 1. The normalized spacial score (nSPS) is 17.9. The van der Waals surface area contributed by atoms with Gasteiger partial charge in [-0.1, -0.05) is 13.8 Å². The number of likely N-dealkylation sites (N-methyl/N-ethyl adjacent to an activating group) is 1. The first kappa shape index (κ1) is 26.2. The lowest BCUT2D eigenvalue weighted by atomic mass is 9.85. The number of halogens is 1. The number of carboxylic acids is 1. The van der Waals surface area contributed by atoms with Crippen molar-refractivity contribution in [2.45, 2.75) is 38.3 Å². The molecule has 2 aromatic carbocycles. The van der Waals surface area contributed by atoms with Crippen molar-refractivity contribution >= 4 is 29.2 Å². The molecule has 2 heterocycles. The Morgan fingerprint density at radius 2 is 1.76 bits per heavy atom. The van der Waals surface area contributed by atoms with Crippen LogP contribution in [0, 0.1) is 11.7 Å². The zero-order valence-electron chi connectivity index (χ0n) is 21.5. The summed E-state index contributed by atoms with van der Waals surface area (Å²) in [6.07, 6.45) is 0.863. The van der Waals surface area contributed by atoms with Crippen molar-refractivity contribution in [3.8, 4) is 5.75 Å². The number of carbonyl (C=O) groups is 3. The Labute approximate surface area is 215 Å². The highest BCUT2D eigenvalue weighted by molar-refractivity contribution is 5.94. The van der Waals surface area contributed by atoms with E-state index in [0.717, 1.165) is 5.69 Å². The van der Waals surface area contributed by atoms with Gasteiger partial charge in [0.25, 0.3) is 0 Å². The van der Waals surface area contributed by atoms with Crippen LogP contribution in [0.4, 0.5) is 15.8 Å². The summed E-state index contributed by atoms with van der Waals surface area (Å²) in [5.41, 5.74) is 0.327. The monoisotopic (exact) mass is 512 g/mol. The van der Waals surface area contributed by atoms with Gasteiger partial charge >= 0.3 is 5.97 Å². The van der Waals surface area contributed by atoms with Crippen LogP contribution >= 0.6 is 0 Å². The lowest BCUT2D eigenvalue weighted by Crippen LogP contribution is -2.59. The average Bonchev–Trinajstić information content (AvgIpc) is 3.13. The Morgan fingerprint density at radius 1 is 1.11 bits per heavy atom. The van der Waals surface area contributed by atoms with E-state index in [4.69, 9.17) is 4.74 Å². The van der Waals surface area contributed by atoms with E-state index in [9.17, 15) is 23.9 Å². The predicted octanol–water partition coefficient (Wildman–Crippen LogP) is 3.27. The molecule has 0 bridgehead atoms. The van der Waals surface area contributed by atoms with E-state index in [1.807, 2.05) is 18.7 Å². The van der Waals surface area contributed by atoms with Crippen LogP contribution in [0.1, 0.15) is 37.0 Å². The van der Waals surface area contributed by atoms with Crippen LogP contribution in [0.25, 0.3) is 0 Å². The molecule has 10 heteroatoms. The second kappa shape index (κ2) is 10.3. The number of benzene rings is 2. The third-order valence-electron chi connectivity index (χ3n) is 7.36. The van der Waals surface area contributed by atoms with Crippen molar-refractivity contribution in [2.24, 2.45) is 5.92 Å². The number of hydrogen-bond acceptors (Lipinski definition) is 6. The second-order valence-electron chi connectivity index (χ2n) is 9.99. The largest absolute Gasteiger partial charge is 0.497 e. The van der Waals surface area contributed by atoms with Crippen LogP contribution in [0.2, 0.25) is 0 Å². The number of piperidine rings is 1. The fourth-order valence-electron chi connectivity index (χ4n) is 5.20. The third-order valence-corrected chi connectivity index (χ3v) is 7.36. The van der Waals surface area contributed by atoms with Crippen molar-refractivity contribution in [2.75, 3.05) is 44.1 Å². The van der Waals surface area contributed by atoms with Crippen molar-refractivity contribution in [3.63, 3.8) is 0 Å². The number of nitrogens with one attached hydrogen (secondary N) is 1. The first-order valence-electron chi connectivity index (χ1n) is 12.3. The van der Waals surface area contributed by atoms with Gasteiger partial charge < -0.3 is 29.9 Å². The molecule has 2 aliphatic rings. The fraction of sp³-hybridized carbons (Fsp3) is 0.444. The smallest absolute Gasteiger partial charge is 0.335 e. The van der Waals surface area contributed by atoms with E-state index in [0.29, 0.717) is 38.3 Å². The summed E-state index contributed by atoms with van der Waals surface area (Å²) >= 11 is 0. The fourth-order valence-corrected chi connectivity index (χ4v) is 5.20. The van der Waals surface area contributed by atoms with Gasteiger partial charge in [0.1, 0.15) is 23.1 Å². The molecular formula is C27H33FN4O5. The molecule has 2 aliphatic heterocycles. The highest BCUT2D eigenvalue weighted by Gasteiger charge is 2.53. The van der Waals surface area contributed by atoms with Crippen LogP contribution in [0.5, 0.6) is 5.75 Å². The summed E-state index contributed by atoms with van der Waals surface area (Å²) in [5, 5.41) is 12.3. The Hall–Kier alpha value is -3.82. The summed E-state index contributed by atoms with van der Waals surface area (Å²) in [4.78, 5) is 43.5. The number of nitrogens with zero attached hydrogens (tertiary/aromatic N) is 3. The molecule has 1 atom stereocenters. The number of aromatic carboxylic acids is 1. The summed E-state index contributed by atoms with van der Waals surface area (Å²) in [6, 6.07) is 10.2. The lowest BCUT2D eigenvalue weighted by molar-refractivity contribution is -0.138. The number of amides is 2. The number of rotatable bonds is 7. The summed E-state index contributed by atoms with van der Waals surface area (Å²) in [7, 11) is 3.24. The quantitative estimate of drug-likeness (QED) is 0.587. The van der Waals surface area contributed by atoms with Crippen LogP contribution in [-0.4, -0.2) is 78.2 Å². The highest BCUT2D eigenvalue weighted by atomic mass is 19.1. The molecular weight excluding hydrogens is 479 g/mol. The summed E-state index contributed by atoms with van der Waals surface area (Å²) in [6.45, 7) is 4.92. The lowest BCUT2D eigenvalue weighted by Gasteiger charge is -2.44. The SMILES string of the molecule is COc1ccc(F)c(NC(C(=O)N2CCC3(CC2)C(=O)N(C)CN3c2ccc(C(=O)O)cc2)C(C)C)c1. The Morgan fingerprint density at radius 3 is 2.32 bits per heavy atom. The van der Waals surface area contributed by atoms with E-state index >= 15 is 0 Å². The molecule has 1 unspecified atom stereocenters. The number of carboxylic acid groups (broad SMARTS) is 1. The molecule has 2 fully saturated rings. The van der Waals surface area contributed by atoms with Gasteiger partial charge in [0.05, 0.1) is 25.0 Å². The van der Waals surface area contributed by atoms with E-state index in [1.54, 1.807) is 29.0 Å². The molecule has 37 heavy (non-hydrogen) atoms. The maximum absolute atomic E-state index is 14.5. The molecule has 4 rings (SSSR count). The van der Waals surface area contributed by atoms with E-state index in [2.05, 4.69) is 5.32 Å². The van der Waals surface area contributed by atoms with Gasteiger partial charge in [-0.25, -0.2) is 9.18 Å². The van der Waals surface area contributed by atoms with E-state index < -0.39 is 23.4 Å². The van der Waals surface area contributed by atoms with Crippen molar-refractivity contribution in [1.82, 2.24) is 9.80 Å². The summed E-state index contributed by atoms with van der Waals surface area (Å²) in [5.74, 6) is -1.27. The standard InChI is InChI=1S/C27H33FN4O5/c1-17(2)23(29-22-15-20(37-4)9-10-21(22)28)24(33)31-13-11-27(12-14-31)26(36)30(3)16-32(27)19-7-5-18(6-8-19)25(34)35/h5-10,15,17,23,29H,11-14,16H2,1-4H3,(H,34,35). The minimum Gasteiger partial charge on any atom is -0.497 e. The highest BCUT2D eigenvalue weighted by Crippen LogP contribution is 2.39. The molecule has 2 N–H and O–H groups in total. The molecule has 2 saturated heterocycles. The van der Waals surface area contributed by atoms with Crippen LogP contribution in [-0.2, 0) is 9.59 Å². The molecule has 2 amide bonds.